The molecule has 26 heavy (non-hydrogen) atoms. The van der Waals surface area contributed by atoms with Crippen LogP contribution in [0.2, 0.25) is 15.1 Å². The molecule has 142 valence electrons. The summed E-state index contributed by atoms with van der Waals surface area (Å²) in [5, 5.41) is 10.5. The lowest BCUT2D eigenvalue weighted by atomic mass is 10.1. The van der Waals surface area contributed by atoms with E-state index in [-0.39, 0.29) is 6.61 Å². The first kappa shape index (κ1) is 21.5. The summed E-state index contributed by atoms with van der Waals surface area (Å²) in [4.78, 5) is 11.4. The molecule has 5 nitrogen and oxygen atoms in total. The van der Waals surface area contributed by atoms with Gasteiger partial charge in [0.2, 0.25) is 0 Å². The summed E-state index contributed by atoms with van der Waals surface area (Å²) in [6, 6.07) is 3.12. The number of hydrogen-bond acceptors (Lipinski definition) is 3. The Balaban J connectivity index is 2.15. The number of carboxylic acids is 1. The molecule has 1 aliphatic heterocycles. The number of quaternary nitrogens is 1. The van der Waals surface area contributed by atoms with E-state index >= 15 is 0 Å². The summed E-state index contributed by atoms with van der Waals surface area (Å²) in [5.74, 6) is -0.587. The van der Waals surface area contributed by atoms with E-state index in [9.17, 15) is 9.90 Å². The number of benzene rings is 1. The van der Waals surface area contributed by atoms with Crippen LogP contribution in [-0.2, 0) is 9.53 Å². The number of allylic oxidation sites excluding steroid dienone is 2. The minimum atomic E-state index is -0.945. The molecule has 0 bridgehead atoms. The molecule has 1 atom stereocenters. The molecule has 1 unspecified atom stereocenters. The lowest BCUT2D eigenvalue weighted by molar-refractivity contribution is -0.875. The monoisotopic (exact) mass is 484 g/mol. The summed E-state index contributed by atoms with van der Waals surface area (Å²) in [5.41, 5.74) is 0.318. The van der Waals surface area contributed by atoms with E-state index in [2.05, 4.69) is 15.9 Å². The van der Waals surface area contributed by atoms with Crippen molar-refractivity contribution in [2.45, 2.75) is 0 Å². The molecule has 1 heterocycles. The van der Waals surface area contributed by atoms with Crippen molar-refractivity contribution < 1.29 is 23.9 Å². The van der Waals surface area contributed by atoms with Gasteiger partial charge in [0.05, 0.1) is 26.7 Å². The summed E-state index contributed by atoms with van der Waals surface area (Å²) in [7, 11) is 1.61. The average molecular weight is 487 g/mol. The maximum absolute atomic E-state index is 11.4. The van der Waals surface area contributed by atoms with Crippen molar-refractivity contribution >= 4 is 56.7 Å². The molecule has 9 heteroatoms. The van der Waals surface area contributed by atoms with E-state index in [1.165, 1.54) is 0 Å². The van der Waals surface area contributed by atoms with Crippen LogP contribution in [0.5, 0.6) is 5.75 Å². The van der Waals surface area contributed by atoms with Crippen molar-refractivity contribution in [3.05, 3.63) is 49.5 Å². The smallest absolute Gasteiger partial charge is 0.337 e. The van der Waals surface area contributed by atoms with Gasteiger partial charge in [-0.1, -0.05) is 34.8 Å². The number of halogens is 4. The van der Waals surface area contributed by atoms with Crippen LogP contribution in [0.25, 0.3) is 0 Å². The van der Waals surface area contributed by atoms with Gasteiger partial charge in [-0.25, -0.2) is 4.79 Å². The van der Waals surface area contributed by atoms with Crippen molar-refractivity contribution in [2.24, 2.45) is 0 Å². The first-order valence-corrected chi connectivity index (χ1v) is 9.63. The zero-order valence-corrected chi connectivity index (χ0v) is 17.8. The SMILES string of the molecule is COCC[N+]1(CCOc2c(Cl)cc(Cl)cc2Cl)C=C(Br)C=C(C(=O)O)C1. The molecule has 1 aromatic rings. The number of methoxy groups -OCH3 is 1. The highest BCUT2D eigenvalue weighted by molar-refractivity contribution is 9.11. The Labute approximate surface area is 175 Å². The molecule has 0 aromatic heterocycles. The molecule has 1 aliphatic rings. The maximum atomic E-state index is 11.4. The predicted molar refractivity (Wildman–Crippen MR) is 106 cm³/mol. The van der Waals surface area contributed by atoms with Gasteiger partial charge < -0.3 is 14.6 Å². The number of aliphatic carboxylic acids is 1. The number of carbonyl (C=O) groups is 1. The minimum Gasteiger partial charge on any atom is -0.485 e. The molecular weight excluding hydrogens is 468 g/mol. The van der Waals surface area contributed by atoms with E-state index in [4.69, 9.17) is 44.3 Å². The number of ether oxygens (including phenoxy) is 2. The quantitative estimate of drug-likeness (QED) is 0.539. The predicted octanol–water partition coefficient (Wildman–Crippen LogP) is 4.75. The van der Waals surface area contributed by atoms with Crippen LogP contribution in [0.15, 0.2) is 34.5 Å². The van der Waals surface area contributed by atoms with Gasteiger partial charge in [-0.3, -0.25) is 4.48 Å². The van der Waals surface area contributed by atoms with Gasteiger partial charge in [-0.2, -0.15) is 0 Å². The van der Waals surface area contributed by atoms with Crippen molar-refractivity contribution in [2.75, 3.05) is 40.0 Å². The van der Waals surface area contributed by atoms with Gasteiger partial charge in [-0.15, -0.1) is 0 Å². The van der Waals surface area contributed by atoms with Crippen LogP contribution in [0.4, 0.5) is 0 Å². The van der Waals surface area contributed by atoms with Crippen LogP contribution >= 0.6 is 50.7 Å². The third-order valence-electron chi connectivity index (χ3n) is 3.96. The maximum Gasteiger partial charge on any atom is 0.337 e. The standard InChI is InChI=1S/C17H17BrCl3NO4/c1-25-4-2-22(9-11(17(23)24)6-12(18)10-22)3-5-26-16-14(20)7-13(19)8-15(16)21/h6-8,10H,2-5,9H2,1H3/p+1. The molecule has 0 aliphatic carbocycles. The van der Waals surface area contributed by atoms with E-state index in [0.717, 1.165) is 0 Å². The molecule has 1 N–H and O–H groups in total. The van der Waals surface area contributed by atoms with Crippen LogP contribution in [0.3, 0.4) is 0 Å². The zero-order chi connectivity index (χ0) is 19.3. The topological polar surface area (TPSA) is 55.8 Å². The van der Waals surface area contributed by atoms with Gasteiger partial charge in [-0.05, 0) is 34.1 Å². The first-order valence-electron chi connectivity index (χ1n) is 7.70. The van der Waals surface area contributed by atoms with Gasteiger partial charge >= 0.3 is 5.97 Å². The number of rotatable bonds is 8. The average Bonchev–Trinajstić information content (AvgIpc) is 2.55. The largest absolute Gasteiger partial charge is 0.485 e. The van der Waals surface area contributed by atoms with Crippen LogP contribution < -0.4 is 4.74 Å². The molecule has 1 aromatic carbocycles. The van der Waals surface area contributed by atoms with E-state index in [0.29, 0.717) is 61.6 Å². The molecule has 0 saturated heterocycles. The second-order valence-electron chi connectivity index (χ2n) is 5.85. The normalized spacial score (nSPS) is 19.7. The van der Waals surface area contributed by atoms with Gasteiger partial charge in [0.25, 0.3) is 0 Å². The summed E-state index contributed by atoms with van der Waals surface area (Å²) in [6.45, 7) is 2.21. The Kier molecular flexibility index (Phi) is 7.82. The van der Waals surface area contributed by atoms with Gasteiger partial charge in [0.15, 0.2) is 5.75 Å². The van der Waals surface area contributed by atoms with Crippen LogP contribution in [0, 0.1) is 0 Å². The van der Waals surface area contributed by atoms with E-state index < -0.39 is 5.97 Å². The molecule has 0 radical (unpaired) electrons. The highest BCUT2D eigenvalue weighted by atomic mass is 79.9. The van der Waals surface area contributed by atoms with Crippen molar-refractivity contribution in [3.63, 3.8) is 0 Å². The Bertz CT molecular complexity index is 731. The molecule has 0 amide bonds. The van der Waals surface area contributed by atoms with Crippen molar-refractivity contribution in [1.82, 2.24) is 0 Å². The first-order chi connectivity index (χ1) is 12.3. The van der Waals surface area contributed by atoms with Crippen LogP contribution in [0.1, 0.15) is 0 Å². The van der Waals surface area contributed by atoms with Crippen LogP contribution in [-0.4, -0.2) is 55.5 Å². The second-order valence-corrected chi connectivity index (χ2v) is 8.02. The van der Waals surface area contributed by atoms with Crippen molar-refractivity contribution in [1.29, 1.82) is 0 Å². The summed E-state index contributed by atoms with van der Waals surface area (Å²) in [6.07, 6.45) is 3.57. The van der Waals surface area contributed by atoms with E-state index in [1.54, 1.807) is 25.3 Å². The Hall–Kier alpha value is -0.760. The molecule has 0 saturated carbocycles. The fraction of sp³-hybridized carbons (Fsp3) is 0.353. The number of nitrogens with zero attached hydrogens (tertiary/aromatic N) is 1. The highest BCUT2D eigenvalue weighted by Crippen LogP contribution is 2.36. The van der Waals surface area contributed by atoms with E-state index in [1.807, 2.05) is 6.20 Å². The zero-order valence-electron chi connectivity index (χ0n) is 14.0. The Morgan fingerprint density at radius 2 is 1.85 bits per heavy atom. The third-order valence-corrected chi connectivity index (χ3v) is 5.17. The number of hydrogen-bond donors (Lipinski definition) is 1. The van der Waals surface area contributed by atoms with Gasteiger partial charge in [0.1, 0.15) is 32.4 Å². The fourth-order valence-corrected chi connectivity index (χ4v) is 4.33. The van der Waals surface area contributed by atoms with Gasteiger partial charge in [0, 0.05) is 12.1 Å². The second kappa shape index (κ2) is 9.44. The molecule has 2 rings (SSSR count). The molecular formula is C17H18BrCl3NO4+. The highest BCUT2D eigenvalue weighted by Gasteiger charge is 2.33. The third kappa shape index (κ3) is 5.62. The van der Waals surface area contributed by atoms with Crippen molar-refractivity contribution in [3.8, 4) is 5.75 Å². The lowest BCUT2D eigenvalue weighted by Crippen LogP contribution is -2.51. The Morgan fingerprint density at radius 3 is 2.42 bits per heavy atom. The summed E-state index contributed by atoms with van der Waals surface area (Å²) < 4.78 is 12.0. The minimum absolute atomic E-state index is 0.286. The molecule has 0 fully saturated rings. The summed E-state index contributed by atoms with van der Waals surface area (Å²) >= 11 is 21.6. The lowest BCUT2D eigenvalue weighted by Gasteiger charge is -2.37. The molecule has 0 spiro atoms. The Morgan fingerprint density at radius 1 is 1.23 bits per heavy atom. The fourth-order valence-electron chi connectivity index (χ4n) is 2.69. The number of carboxylic acid groups (broad SMARTS) is 1.